The van der Waals surface area contributed by atoms with Gasteiger partial charge in [-0.3, -0.25) is 9.69 Å². The summed E-state index contributed by atoms with van der Waals surface area (Å²) in [5, 5.41) is 3.39. The molecular weight excluding hydrogens is 349 g/mol. The lowest BCUT2D eigenvalue weighted by molar-refractivity contribution is -0.130. The zero-order valence-electron chi connectivity index (χ0n) is 14.7. The number of nitrogens with zero attached hydrogens (tertiary/aromatic N) is 2. The standard InChI is InChI=1S/C17H31N3O2.2ClH/c1-14-12-20(13-16(14)19-8-10-22-11-9-19)17(21)3-2-15-4-6-18-7-5-15;;/h14-16,18H,2-13H2,1H3;2*1H. The third-order valence-corrected chi connectivity index (χ3v) is 5.67. The van der Waals surface area contributed by atoms with Crippen molar-refractivity contribution in [3.63, 3.8) is 0 Å². The first-order valence-corrected chi connectivity index (χ1v) is 9.04. The fourth-order valence-corrected chi connectivity index (χ4v) is 4.19. The van der Waals surface area contributed by atoms with E-state index in [0.29, 0.717) is 17.9 Å². The topological polar surface area (TPSA) is 44.8 Å². The van der Waals surface area contributed by atoms with Crippen LogP contribution in [0, 0.1) is 11.8 Å². The Hall–Kier alpha value is -0.0700. The lowest BCUT2D eigenvalue weighted by Gasteiger charge is -2.34. The van der Waals surface area contributed by atoms with E-state index in [-0.39, 0.29) is 24.8 Å². The average Bonchev–Trinajstić information content (AvgIpc) is 2.96. The van der Waals surface area contributed by atoms with Crippen LogP contribution < -0.4 is 5.32 Å². The monoisotopic (exact) mass is 381 g/mol. The van der Waals surface area contributed by atoms with Crippen molar-refractivity contribution in [2.24, 2.45) is 11.8 Å². The lowest BCUT2D eigenvalue weighted by Crippen LogP contribution is -2.47. The summed E-state index contributed by atoms with van der Waals surface area (Å²) in [6.45, 7) is 10.1. The van der Waals surface area contributed by atoms with Gasteiger partial charge in [0.1, 0.15) is 0 Å². The van der Waals surface area contributed by atoms with Crippen LogP contribution in [0.15, 0.2) is 0 Å². The first-order valence-electron chi connectivity index (χ1n) is 9.04. The van der Waals surface area contributed by atoms with Gasteiger partial charge in [-0.15, -0.1) is 24.8 Å². The van der Waals surface area contributed by atoms with Crippen molar-refractivity contribution < 1.29 is 9.53 Å². The van der Waals surface area contributed by atoms with Crippen molar-refractivity contribution in [2.75, 3.05) is 52.5 Å². The van der Waals surface area contributed by atoms with Crippen molar-refractivity contribution in [3.05, 3.63) is 0 Å². The highest BCUT2D eigenvalue weighted by atomic mass is 35.5. The Morgan fingerprint density at radius 1 is 1.12 bits per heavy atom. The molecular formula is C17H33Cl2N3O2. The first kappa shape index (κ1) is 22.0. The summed E-state index contributed by atoms with van der Waals surface area (Å²) in [7, 11) is 0. The van der Waals surface area contributed by atoms with Gasteiger partial charge >= 0.3 is 0 Å². The molecule has 0 aliphatic carbocycles. The van der Waals surface area contributed by atoms with Gasteiger partial charge in [0.2, 0.25) is 5.91 Å². The summed E-state index contributed by atoms with van der Waals surface area (Å²) >= 11 is 0. The second-order valence-electron chi connectivity index (χ2n) is 7.22. The molecule has 1 amide bonds. The molecule has 0 radical (unpaired) electrons. The Labute approximate surface area is 158 Å². The molecule has 3 heterocycles. The van der Waals surface area contributed by atoms with Crippen LogP contribution in [-0.2, 0) is 9.53 Å². The molecule has 24 heavy (non-hydrogen) atoms. The number of carbonyl (C=O) groups is 1. The molecule has 1 N–H and O–H groups in total. The summed E-state index contributed by atoms with van der Waals surface area (Å²) in [6, 6.07) is 0.534. The van der Waals surface area contributed by atoms with E-state index < -0.39 is 0 Å². The molecule has 3 aliphatic rings. The van der Waals surface area contributed by atoms with Gasteiger partial charge in [0, 0.05) is 38.6 Å². The summed E-state index contributed by atoms with van der Waals surface area (Å²) in [5.41, 5.74) is 0. The fraction of sp³-hybridized carbons (Fsp3) is 0.941. The van der Waals surface area contributed by atoms with Crippen LogP contribution in [0.4, 0.5) is 0 Å². The third kappa shape index (κ3) is 5.73. The molecule has 0 spiro atoms. The van der Waals surface area contributed by atoms with Gasteiger partial charge in [-0.2, -0.15) is 0 Å². The fourth-order valence-electron chi connectivity index (χ4n) is 4.19. The van der Waals surface area contributed by atoms with Crippen molar-refractivity contribution in [3.8, 4) is 0 Å². The van der Waals surface area contributed by atoms with E-state index in [1.807, 2.05) is 0 Å². The number of hydrogen-bond donors (Lipinski definition) is 1. The molecule has 3 rings (SSSR count). The minimum absolute atomic E-state index is 0. The van der Waals surface area contributed by atoms with Crippen molar-refractivity contribution in [1.29, 1.82) is 0 Å². The summed E-state index contributed by atoms with van der Waals surface area (Å²) in [5.74, 6) is 1.71. The van der Waals surface area contributed by atoms with E-state index in [9.17, 15) is 4.79 Å². The number of ether oxygens (including phenoxy) is 1. The van der Waals surface area contributed by atoms with E-state index in [0.717, 1.165) is 71.2 Å². The van der Waals surface area contributed by atoms with Crippen molar-refractivity contribution in [1.82, 2.24) is 15.1 Å². The van der Waals surface area contributed by atoms with Gasteiger partial charge in [-0.05, 0) is 44.2 Å². The molecule has 0 bridgehead atoms. The Bertz CT molecular complexity index is 375. The number of amides is 1. The number of morpholine rings is 1. The maximum absolute atomic E-state index is 12.5. The van der Waals surface area contributed by atoms with Crippen molar-refractivity contribution >= 4 is 30.7 Å². The van der Waals surface area contributed by atoms with Gasteiger partial charge in [-0.25, -0.2) is 0 Å². The van der Waals surface area contributed by atoms with Gasteiger partial charge < -0.3 is 15.0 Å². The van der Waals surface area contributed by atoms with E-state index >= 15 is 0 Å². The van der Waals surface area contributed by atoms with Crippen LogP contribution in [0.25, 0.3) is 0 Å². The van der Waals surface area contributed by atoms with Crippen LogP contribution >= 0.6 is 24.8 Å². The third-order valence-electron chi connectivity index (χ3n) is 5.67. The van der Waals surface area contributed by atoms with E-state index in [2.05, 4.69) is 22.0 Å². The Balaban J connectivity index is 0.00000144. The average molecular weight is 382 g/mol. The molecule has 0 aromatic rings. The van der Waals surface area contributed by atoms with Gasteiger partial charge in [0.25, 0.3) is 0 Å². The van der Waals surface area contributed by atoms with Gasteiger partial charge in [0.15, 0.2) is 0 Å². The second-order valence-corrected chi connectivity index (χ2v) is 7.22. The van der Waals surface area contributed by atoms with Gasteiger partial charge in [0.05, 0.1) is 13.2 Å². The lowest BCUT2D eigenvalue weighted by atomic mass is 9.93. The SMILES string of the molecule is CC1CN(C(=O)CCC2CCNCC2)CC1N1CCOCC1.Cl.Cl. The highest BCUT2D eigenvalue weighted by Crippen LogP contribution is 2.25. The minimum Gasteiger partial charge on any atom is -0.379 e. The first-order chi connectivity index (χ1) is 10.7. The number of likely N-dealkylation sites (tertiary alicyclic amines) is 1. The second kappa shape index (κ2) is 10.8. The number of carbonyl (C=O) groups excluding carboxylic acids is 1. The molecule has 3 aliphatic heterocycles. The summed E-state index contributed by atoms with van der Waals surface area (Å²) in [4.78, 5) is 17.2. The summed E-state index contributed by atoms with van der Waals surface area (Å²) in [6.07, 6.45) is 4.29. The van der Waals surface area contributed by atoms with Crippen LogP contribution in [0.2, 0.25) is 0 Å². The van der Waals surface area contributed by atoms with Gasteiger partial charge in [-0.1, -0.05) is 6.92 Å². The molecule has 142 valence electrons. The number of piperidine rings is 1. The van der Waals surface area contributed by atoms with Crippen LogP contribution in [0.5, 0.6) is 0 Å². The van der Waals surface area contributed by atoms with Crippen LogP contribution in [0.3, 0.4) is 0 Å². The predicted octanol–water partition coefficient (Wildman–Crippen LogP) is 1.79. The number of nitrogens with one attached hydrogen (secondary N) is 1. The zero-order valence-corrected chi connectivity index (χ0v) is 16.4. The van der Waals surface area contributed by atoms with E-state index in [1.54, 1.807) is 0 Å². The molecule has 3 saturated heterocycles. The number of hydrogen-bond acceptors (Lipinski definition) is 4. The highest BCUT2D eigenvalue weighted by molar-refractivity contribution is 5.85. The predicted molar refractivity (Wildman–Crippen MR) is 101 cm³/mol. The number of halogens is 2. The molecule has 3 fully saturated rings. The highest BCUT2D eigenvalue weighted by Gasteiger charge is 2.36. The Morgan fingerprint density at radius 3 is 2.46 bits per heavy atom. The normalized spacial score (nSPS) is 29.0. The van der Waals surface area contributed by atoms with E-state index in [1.165, 1.54) is 12.8 Å². The number of rotatable bonds is 4. The maximum atomic E-state index is 12.5. The van der Waals surface area contributed by atoms with Crippen LogP contribution in [0.1, 0.15) is 32.6 Å². The molecule has 0 saturated carbocycles. The molecule has 2 unspecified atom stereocenters. The molecule has 5 nitrogen and oxygen atoms in total. The molecule has 0 aromatic heterocycles. The largest absolute Gasteiger partial charge is 0.379 e. The van der Waals surface area contributed by atoms with Crippen molar-refractivity contribution in [2.45, 2.75) is 38.6 Å². The minimum atomic E-state index is 0. The maximum Gasteiger partial charge on any atom is 0.222 e. The molecule has 2 atom stereocenters. The Kier molecular flexibility index (Phi) is 9.90. The Morgan fingerprint density at radius 2 is 1.79 bits per heavy atom. The molecule has 0 aromatic carbocycles. The van der Waals surface area contributed by atoms with E-state index in [4.69, 9.17) is 4.74 Å². The zero-order chi connectivity index (χ0) is 15.4. The van der Waals surface area contributed by atoms with Crippen LogP contribution in [-0.4, -0.2) is 74.2 Å². The summed E-state index contributed by atoms with van der Waals surface area (Å²) < 4.78 is 5.45. The smallest absolute Gasteiger partial charge is 0.222 e. The molecule has 7 heteroatoms. The quantitative estimate of drug-likeness (QED) is 0.805.